The van der Waals surface area contributed by atoms with E-state index in [0.717, 1.165) is 23.9 Å². The summed E-state index contributed by atoms with van der Waals surface area (Å²) >= 11 is 0. The molecule has 0 atom stereocenters. The molecule has 0 N–H and O–H groups in total. The lowest BCUT2D eigenvalue weighted by Crippen LogP contribution is -2.48. The number of anilines is 1. The van der Waals surface area contributed by atoms with Gasteiger partial charge in [-0.2, -0.15) is 0 Å². The molecule has 1 aliphatic heterocycles. The molecule has 29 heavy (non-hydrogen) atoms. The number of nitrogens with zero attached hydrogens (tertiary/aromatic N) is 4. The third-order valence-corrected chi connectivity index (χ3v) is 6.95. The Morgan fingerprint density at radius 3 is 2.38 bits per heavy atom. The maximum Gasteiger partial charge on any atom is 0.272 e. The molecule has 1 aromatic heterocycles. The van der Waals surface area contributed by atoms with Crippen LogP contribution in [0.3, 0.4) is 0 Å². The highest BCUT2D eigenvalue weighted by Crippen LogP contribution is 2.24. The Bertz CT molecular complexity index is 955. The van der Waals surface area contributed by atoms with Crippen LogP contribution >= 0.6 is 0 Å². The molecule has 0 radical (unpaired) electrons. The minimum Gasteiger partial charge on any atom is -0.497 e. The van der Waals surface area contributed by atoms with Gasteiger partial charge in [0.2, 0.25) is 0 Å². The van der Waals surface area contributed by atoms with Crippen molar-refractivity contribution in [3.8, 4) is 5.75 Å². The second-order valence-corrected chi connectivity index (χ2v) is 8.74. The van der Waals surface area contributed by atoms with Crippen LogP contribution in [0.25, 0.3) is 0 Å². The molecule has 2 aromatic rings. The third kappa shape index (κ3) is 4.51. The summed E-state index contributed by atoms with van der Waals surface area (Å²) in [6.45, 7) is 5.99. The van der Waals surface area contributed by atoms with Crippen molar-refractivity contribution in [1.82, 2.24) is 14.8 Å². The summed E-state index contributed by atoms with van der Waals surface area (Å²) in [4.78, 5) is 21.2. The van der Waals surface area contributed by atoms with Gasteiger partial charge in [-0.1, -0.05) is 6.92 Å². The van der Waals surface area contributed by atoms with Crippen LogP contribution in [0.2, 0.25) is 0 Å². The Morgan fingerprint density at radius 2 is 1.79 bits per heavy atom. The Labute approximate surface area is 171 Å². The number of ether oxygens (including phenoxy) is 1. The maximum atomic E-state index is 12.9. The molecule has 1 aromatic carbocycles. The van der Waals surface area contributed by atoms with E-state index in [-0.39, 0.29) is 16.5 Å². The van der Waals surface area contributed by atoms with E-state index in [4.69, 9.17) is 4.74 Å². The summed E-state index contributed by atoms with van der Waals surface area (Å²) in [5, 5.41) is 0. The fraction of sp³-hybridized carbons (Fsp3) is 0.400. The first-order valence-electron chi connectivity index (χ1n) is 9.47. The minimum absolute atomic E-state index is 0.140. The van der Waals surface area contributed by atoms with Crippen LogP contribution < -0.4 is 9.04 Å². The summed E-state index contributed by atoms with van der Waals surface area (Å²) in [6.07, 6.45) is 1.46. The molecule has 0 saturated carbocycles. The number of rotatable bonds is 6. The van der Waals surface area contributed by atoms with E-state index >= 15 is 0 Å². The number of aromatic nitrogens is 1. The van der Waals surface area contributed by atoms with Gasteiger partial charge in [-0.3, -0.25) is 14.1 Å². The topological polar surface area (TPSA) is 83.0 Å². The molecule has 0 bridgehead atoms. The van der Waals surface area contributed by atoms with Crippen LogP contribution in [0.4, 0.5) is 5.69 Å². The average Bonchev–Trinajstić information content (AvgIpc) is 2.78. The van der Waals surface area contributed by atoms with Crippen LogP contribution in [0.1, 0.15) is 17.4 Å². The Morgan fingerprint density at radius 1 is 1.14 bits per heavy atom. The van der Waals surface area contributed by atoms with Crippen LogP contribution in [-0.2, 0) is 10.0 Å². The Balaban J connectivity index is 1.80. The number of hydrogen-bond acceptors (Lipinski definition) is 6. The lowest BCUT2D eigenvalue weighted by Gasteiger charge is -2.33. The second-order valence-electron chi connectivity index (χ2n) is 6.77. The molecule has 2 heterocycles. The molecule has 3 rings (SSSR count). The number of sulfonamides is 1. The van der Waals surface area contributed by atoms with Gasteiger partial charge in [0.05, 0.1) is 17.7 Å². The van der Waals surface area contributed by atoms with E-state index in [0.29, 0.717) is 24.5 Å². The van der Waals surface area contributed by atoms with E-state index in [2.05, 4.69) is 16.8 Å². The van der Waals surface area contributed by atoms with E-state index in [9.17, 15) is 13.2 Å². The molecule has 1 aliphatic rings. The van der Waals surface area contributed by atoms with Crippen molar-refractivity contribution in [1.29, 1.82) is 0 Å². The minimum atomic E-state index is -3.78. The molecule has 1 fully saturated rings. The number of carbonyl (C=O) groups is 1. The van der Waals surface area contributed by atoms with Crippen molar-refractivity contribution in [2.45, 2.75) is 11.8 Å². The smallest absolute Gasteiger partial charge is 0.272 e. The standard InChI is InChI=1S/C20H26N4O4S/c1-4-23-11-13-24(14-12-23)20(25)19-15-16(9-10-21-19)22(2)29(26,27)18-7-5-17(28-3)6-8-18/h5-10,15H,4,11-14H2,1-3H3. The van der Waals surface area contributed by atoms with Crippen molar-refractivity contribution in [3.63, 3.8) is 0 Å². The van der Waals surface area contributed by atoms with Gasteiger partial charge in [0.25, 0.3) is 15.9 Å². The van der Waals surface area contributed by atoms with Crippen molar-refractivity contribution < 1.29 is 17.9 Å². The highest BCUT2D eigenvalue weighted by atomic mass is 32.2. The van der Waals surface area contributed by atoms with Crippen molar-refractivity contribution in [2.24, 2.45) is 0 Å². The predicted molar refractivity (Wildman–Crippen MR) is 111 cm³/mol. The Kier molecular flexibility index (Phi) is 6.39. The molecule has 8 nitrogen and oxygen atoms in total. The first-order valence-corrected chi connectivity index (χ1v) is 10.9. The SMILES string of the molecule is CCN1CCN(C(=O)c2cc(N(C)S(=O)(=O)c3ccc(OC)cc3)ccn2)CC1. The molecule has 0 aliphatic carbocycles. The number of hydrogen-bond donors (Lipinski definition) is 0. The zero-order valence-electron chi connectivity index (χ0n) is 16.9. The lowest BCUT2D eigenvalue weighted by atomic mass is 10.2. The summed E-state index contributed by atoms with van der Waals surface area (Å²) in [5.41, 5.74) is 0.621. The summed E-state index contributed by atoms with van der Waals surface area (Å²) in [5.74, 6) is 0.393. The van der Waals surface area contributed by atoms with Crippen LogP contribution in [0, 0.1) is 0 Å². The maximum absolute atomic E-state index is 12.9. The Hall–Kier alpha value is -2.65. The number of likely N-dealkylation sites (N-methyl/N-ethyl adjacent to an activating group) is 1. The summed E-state index contributed by atoms with van der Waals surface area (Å²) in [7, 11) is -0.794. The van der Waals surface area contributed by atoms with Crippen molar-refractivity contribution in [3.05, 3.63) is 48.3 Å². The normalized spacial score (nSPS) is 15.2. The molecular weight excluding hydrogens is 392 g/mol. The number of benzene rings is 1. The third-order valence-electron chi connectivity index (χ3n) is 5.15. The van der Waals surface area contributed by atoms with Gasteiger partial charge in [0, 0.05) is 39.4 Å². The molecule has 0 spiro atoms. The quantitative estimate of drug-likeness (QED) is 0.710. The number of carbonyl (C=O) groups excluding carboxylic acids is 1. The van der Waals surface area contributed by atoms with Gasteiger partial charge in [0.1, 0.15) is 11.4 Å². The van der Waals surface area contributed by atoms with Gasteiger partial charge in [0.15, 0.2) is 0 Å². The predicted octanol–water partition coefficient (Wildman–Crippen LogP) is 1.69. The number of pyridine rings is 1. The fourth-order valence-electron chi connectivity index (χ4n) is 3.21. The van der Waals surface area contributed by atoms with E-state index in [1.807, 2.05) is 0 Å². The zero-order chi connectivity index (χ0) is 21.0. The van der Waals surface area contributed by atoms with E-state index in [1.54, 1.807) is 23.1 Å². The lowest BCUT2D eigenvalue weighted by molar-refractivity contribution is 0.0637. The molecule has 1 saturated heterocycles. The molecule has 9 heteroatoms. The van der Waals surface area contributed by atoms with Gasteiger partial charge >= 0.3 is 0 Å². The van der Waals surface area contributed by atoms with Gasteiger partial charge in [-0.15, -0.1) is 0 Å². The molecule has 0 unspecified atom stereocenters. The highest BCUT2D eigenvalue weighted by molar-refractivity contribution is 7.92. The van der Waals surface area contributed by atoms with Crippen molar-refractivity contribution >= 4 is 21.6 Å². The van der Waals surface area contributed by atoms with E-state index < -0.39 is 10.0 Å². The average molecular weight is 419 g/mol. The van der Waals surface area contributed by atoms with Gasteiger partial charge < -0.3 is 14.5 Å². The zero-order valence-corrected chi connectivity index (χ0v) is 17.7. The second kappa shape index (κ2) is 8.79. The molecular formula is C20H26N4O4S. The first-order chi connectivity index (χ1) is 13.9. The van der Waals surface area contributed by atoms with E-state index in [1.165, 1.54) is 38.6 Å². The number of amides is 1. The fourth-order valence-corrected chi connectivity index (χ4v) is 4.39. The largest absolute Gasteiger partial charge is 0.497 e. The van der Waals surface area contributed by atoms with Crippen LogP contribution in [-0.4, -0.2) is 76.0 Å². The summed E-state index contributed by atoms with van der Waals surface area (Å²) in [6, 6.07) is 9.27. The first kappa shape index (κ1) is 21.1. The number of methoxy groups -OCH3 is 1. The highest BCUT2D eigenvalue weighted by Gasteiger charge is 2.25. The van der Waals surface area contributed by atoms with Gasteiger partial charge in [-0.05, 0) is 42.9 Å². The number of piperazine rings is 1. The van der Waals surface area contributed by atoms with Crippen LogP contribution in [0.5, 0.6) is 5.75 Å². The molecule has 156 valence electrons. The van der Waals surface area contributed by atoms with Crippen molar-refractivity contribution in [2.75, 3.05) is 51.2 Å². The summed E-state index contributed by atoms with van der Waals surface area (Å²) < 4.78 is 32.1. The van der Waals surface area contributed by atoms with Crippen LogP contribution in [0.15, 0.2) is 47.5 Å². The van der Waals surface area contributed by atoms with Gasteiger partial charge in [-0.25, -0.2) is 8.42 Å². The molecule has 1 amide bonds. The monoisotopic (exact) mass is 418 g/mol.